The fourth-order valence-electron chi connectivity index (χ4n) is 3.87. The molecule has 0 radical (unpaired) electrons. The zero-order valence-corrected chi connectivity index (χ0v) is 20.5. The van der Waals surface area contributed by atoms with Crippen LogP contribution in [0.1, 0.15) is 23.6 Å². The fraction of sp³-hybridized carbons (Fsp3) is 0.0833. The van der Waals surface area contributed by atoms with Gasteiger partial charge in [-0.1, -0.05) is 47.8 Å². The first-order valence-electron chi connectivity index (χ1n) is 9.23. The minimum Gasteiger partial charge on any atom is -0.507 e. The Morgan fingerprint density at radius 1 is 0.767 bits per heavy atom. The van der Waals surface area contributed by atoms with Crippen molar-refractivity contribution in [2.75, 3.05) is 0 Å². The van der Waals surface area contributed by atoms with Gasteiger partial charge in [0.05, 0.1) is 5.56 Å². The number of aromatic hydroxyl groups is 1. The Labute approximate surface area is 199 Å². The third-order valence-electron chi connectivity index (χ3n) is 5.23. The molecule has 1 atom stereocenters. The first-order valence-corrected chi connectivity index (χ1v) is 11.6. The summed E-state index contributed by atoms with van der Waals surface area (Å²) < 4.78 is 15.6. The van der Waals surface area contributed by atoms with Crippen molar-refractivity contribution in [1.29, 1.82) is 0 Å². The number of fused-ring (bicyclic) bond motifs is 3. The molecule has 0 aromatic heterocycles. The SMILES string of the molecule is CC1=C[C@]2(C=C(c3cc(Br)ccc3O)Oc3ccc(Br)cc32)Oc2ccc(Br)cc21. The molecule has 5 rings (SSSR count). The van der Waals surface area contributed by atoms with Gasteiger partial charge in [0.25, 0.3) is 0 Å². The van der Waals surface area contributed by atoms with Gasteiger partial charge < -0.3 is 14.6 Å². The smallest absolute Gasteiger partial charge is 0.179 e. The molecule has 0 unspecified atom stereocenters. The predicted molar refractivity (Wildman–Crippen MR) is 129 cm³/mol. The van der Waals surface area contributed by atoms with E-state index in [1.165, 1.54) is 0 Å². The van der Waals surface area contributed by atoms with Crippen molar-refractivity contribution in [3.05, 3.63) is 96.9 Å². The number of halogens is 3. The van der Waals surface area contributed by atoms with Crippen LogP contribution >= 0.6 is 47.8 Å². The summed E-state index contributed by atoms with van der Waals surface area (Å²) in [4.78, 5) is 0. The van der Waals surface area contributed by atoms with E-state index in [1.807, 2.05) is 42.5 Å². The van der Waals surface area contributed by atoms with Crippen LogP contribution in [-0.2, 0) is 5.60 Å². The maximum absolute atomic E-state index is 10.5. The first-order chi connectivity index (χ1) is 14.3. The number of ether oxygens (including phenoxy) is 2. The molecule has 1 N–H and O–H groups in total. The first kappa shape index (κ1) is 19.9. The van der Waals surface area contributed by atoms with Gasteiger partial charge in [0.2, 0.25) is 0 Å². The predicted octanol–water partition coefficient (Wildman–Crippen LogP) is 7.80. The molecule has 0 saturated carbocycles. The topological polar surface area (TPSA) is 38.7 Å². The van der Waals surface area contributed by atoms with Crippen molar-refractivity contribution in [2.45, 2.75) is 12.5 Å². The Hall–Kier alpha value is -2.02. The molecule has 2 aliphatic heterocycles. The summed E-state index contributed by atoms with van der Waals surface area (Å²) in [5, 5.41) is 10.5. The van der Waals surface area contributed by atoms with Crippen LogP contribution in [0.2, 0.25) is 0 Å². The van der Waals surface area contributed by atoms with E-state index in [-0.39, 0.29) is 5.75 Å². The van der Waals surface area contributed by atoms with E-state index >= 15 is 0 Å². The maximum Gasteiger partial charge on any atom is 0.179 e. The van der Waals surface area contributed by atoms with Crippen molar-refractivity contribution >= 4 is 59.1 Å². The van der Waals surface area contributed by atoms with Crippen LogP contribution in [0, 0.1) is 0 Å². The van der Waals surface area contributed by atoms with Crippen LogP contribution in [0.15, 0.2) is 80.2 Å². The zero-order chi connectivity index (χ0) is 21.0. The molecular formula is C24H15Br3O3. The molecule has 0 fully saturated rings. The number of phenolic OH excluding ortho intramolecular Hbond substituents is 1. The van der Waals surface area contributed by atoms with Gasteiger partial charge in [-0.25, -0.2) is 0 Å². The van der Waals surface area contributed by atoms with E-state index in [0.29, 0.717) is 17.1 Å². The summed E-state index contributed by atoms with van der Waals surface area (Å²) in [5.41, 5.74) is 2.75. The summed E-state index contributed by atoms with van der Waals surface area (Å²) in [6.07, 6.45) is 4.03. The van der Waals surface area contributed by atoms with E-state index in [0.717, 1.165) is 35.9 Å². The Bertz CT molecular complexity index is 1260. The molecule has 2 heterocycles. The molecule has 0 amide bonds. The lowest BCUT2D eigenvalue weighted by atomic mass is 9.84. The van der Waals surface area contributed by atoms with Gasteiger partial charge in [-0.2, -0.15) is 0 Å². The van der Waals surface area contributed by atoms with Crippen molar-refractivity contribution in [3.63, 3.8) is 0 Å². The van der Waals surface area contributed by atoms with Crippen LogP contribution in [0.5, 0.6) is 17.2 Å². The fourth-order valence-corrected chi connectivity index (χ4v) is 4.95. The van der Waals surface area contributed by atoms with Gasteiger partial charge in [-0.15, -0.1) is 0 Å². The summed E-state index contributed by atoms with van der Waals surface area (Å²) in [6, 6.07) is 17.1. The maximum atomic E-state index is 10.5. The van der Waals surface area contributed by atoms with Gasteiger partial charge >= 0.3 is 0 Å². The number of phenols is 1. The van der Waals surface area contributed by atoms with Gasteiger partial charge in [-0.3, -0.25) is 0 Å². The van der Waals surface area contributed by atoms with E-state index in [4.69, 9.17) is 9.47 Å². The normalized spacial score (nSPS) is 19.2. The van der Waals surface area contributed by atoms with E-state index in [9.17, 15) is 5.11 Å². The Morgan fingerprint density at radius 2 is 1.40 bits per heavy atom. The van der Waals surface area contributed by atoms with Crippen molar-refractivity contribution in [2.24, 2.45) is 0 Å². The minimum atomic E-state index is -0.869. The number of rotatable bonds is 1. The van der Waals surface area contributed by atoms with Gasteiger partial charge in [0.1, 0.15) is 23.0 Å². The third kappa shape index (κ3) is 3.31. The quantitative estimate of drug-likeness (QED) is 0.314. The van der Waals surface area contributed by atoms with Gasteiger partial charge in [0.15, 0.2) is 5.60 Å². The van der Waals surface area contributed by atoms with E-state index < -0.39 is 5.60 Å². The molecule has 30 heavy (non-hydrogen) atoms. The largest absolute Gasteiger partial charge is 0.507 e. The molecule has 3 aromatic rings. The minimum absolute atomic E-state index is 0.140. The molecule has 2 aliphatic rings. The molecule has 0 bridgehead atoms. The summed E-state index contributed by atoms with van der Waals surface area (Å²) >= 11 is 10.6. The highest BCUT2D eigenvalue weighted by molar-refractivity contribution is 9.11. The number of allylic oxidation sites excluding steroid dienone is 1. The third-order valence-corrected chi connectivity index (χ3v) is 6.71. The van der Waals surface area contributed by atoms with Crippen LogP contribution in [0.4, 0.5) is 0 Å². The lowest BCUT2D eigenvalue weighted by molar-refractivity contribution is 0.158. The molecule has 0 saturated heterocycles. The molecular weight excluding hydrogens is 576 g/mol. The lowest BCUT2D eigenvalue weighted by Crippen LogP contribution is -2.35. The van der Waals surface area contributed by atoms with Gasteiger partial charge in [-0.05, 0) is 73.2 Å². The van der Waals surface area contributed by atoms with Crippen molar-refractivity contribution in [1.82, 2.24) is 0 Å². The molecule has 3 nitrogen and oxygen atoms in total. The summed E-state index contributed by atoms with van der Waals surface area (Å²) in [5.74, 6) is 2.15. The number of hydrogen-bond acceptors (Lipinski definition) is 3. The number of hydrogen-bond donors (Lipinski definition) is 1. The average molecular weight is 591 g/mol. The summed E-state index contributed by atoms with van der Waals surface area (Å²) in [7, 11) is 0. The lowest BCUT2D eigenvalue weighted by Gasteiger charge is -2.38. The van der Waals surface area contributed by atoms with E-state index in [2.05, 4.69) is 66.9 Å². The molecule has 0 aliphatic carbocycles. The second-order valence-electron chi connectivity index (χ2n) is 7.28. The van der Waals surface area contributed by atoms with Crippen LogP contribution in [0.3, 0.4) is 0 Å². The average Bonchev–Trinajstić information content (AvgIpc) is 2.71. The Balaban J connectivity index is 1.76. The second kappa shape index (κ2) is 7.29. The van der Waals surface area contributed by atoms with Gasteiger partial charge in [0, 0.05) is 30.6 Å². The highest BCUT2D eigenvalue weighted by atomic mass is 79.9. The van der Waals surface area contributed by atoms with Crippen LogP contribution in [0.25, 0.3) is 11.3 Å². The Kier molecular flexibility index (Phi) is 4.84. The molecule has 150 valence electrons. The van der Waals surface area contributed by atoms with Crippen LogP contribution in [-0.4, -0.2) is 5.11 Å². The Morgan fingerprint density at radius 3 is 2.17 bits per heavy atom. The van der Waals surface area contributed by atoms with Crippen molar-refractivity contribution < 1.29 is 14.6 Å². The molecule has 1 spiro atoms. The molecule has 3 aromatic carbocycles. The standard InChI is InChI=1S/C24H15Br3O3/c1-13-11-24(30-21-6-3-15(26)8-17(13)21)12-23(18-9-14(25)2-5-20(18)28)29-22-7-4-16(27)10-19(22)24/h2-12,28H,1H3/t24-/m1/s1. The van der Waals surface area contributed by atoms with E-state index in [1.54, 1.807) is 12.1 Å². The monoisotopic (exact) mass is 588 g/mol. The zero-order valence-electron chi connectivity index (χ0n) is 15.7. The molecule has 6 heteroatoms. The highest BCUT2D eigenvalue weighted by Gasteiger charge is 2.41. The second-order valence-corrected chi connectivity index (χ2v) is 10.0. The van der Waals surface area contributed by atoms with Crippen molar-refractivity contribution in [3.8, 4) is 17.2 Å². The number of benzene rings is 3. The van der Waals surface area contributed by atoms with Crippen LogP contribution < -0.4 is 9.47 Å². The highest BCUT2D eigenvalue weighted by Crippen LogP contribution is 2.50. The summed E-state index contributed by atoms with van der Waals surface area (Å²) in [6.45, 7) is 2.08.